The molecule has 2 aromatic rings. The van der Waals surface area contributed by atoms with Crippen molar-refractivity contribution >= 4 is 24.8 Å². The third kappa shape index (κ3) is 7.18. The van der Waals surface area contributed by atoms with E-state index in [-0.39, 0.29) is 35.6 Å². The van der Waals surface area contributed by atoms with Crippen LogP contribution in [0.25, 0.3) is 0 Å². The van der Waals surface area contributed by atoms with Gasteiger partial charge in [0.15, 0.2) is 0 Å². The normalized spacial score (nSPS) is 25.7. The summed E-state index contributed by atoms with van der Waals surface area (Å²) in [6.45, 7) is 15.0. The molecule has 46 heavy (non-hydrogen) atoms. The van der Waals surface area contributed by atoms with Crippen molar-refractivity contribution in [1.82, 2.24) is 20.9 Å². The highest BCUT2D eigenvalue weighted by Crippen LogP contribution is 2.65. The summed E-state index contributed by atoms with van der Waals surface area (Å²) in [6.07, 6.45) is 5.46. The fourth-order valence-electron chi connectivity index (χ4n) is 7.65. The van der Waals surface area contributed by atoms with Crippen LogP contribution < -0.4 is 16.0 Å². The van der Waals surface area contributed by atoms with Gasteiger partial charge in [0.1, 0.15) is 11.7 Å². The molecule has 2 heterocycles. The molecule has 248 valence electrons. The van der Waals surface area contributed by atoms with Gasteiger partial charge in [0, 0.05) is 17.8 Å². The number of benzene rings is 1. The van der Waals surface area contributed by atoms with Gasteiger partial charge in [0.05, 0.1) is 17.6 Å². The minimum atomic E-state index is -1.05. The van der Waals surface area contributed by atoms with Crippen LogP contribution in [0.3, 0.4) is 0 Å². The number of carbonyl (C=O) groups is 3. The maximum Gasteiger partial charge on any atom is 0.481 e. The minimum absolute atomic E-state index is 0.0174. The van der Waals surface area contributed by atoms with Crippen LogP contribution in [0.4, 0.5) is 0 Å². The Hall–Kier alpha value is -3.24. The monoisotopic (exact) mass is 630 g/mol. The molecule has 1 saturated heterocycles. The summed E-state index contributed by atoms with van der Waals surface area (Å²) in [5.74, 6) is -0.387. The Morgan fingerprint density at radius 2 is 1.76 bits per heavy atom. The Morgan fingerprint density at radius 1 is 1.02 bits per heavy atom. The van der Waals surface area contributed by atoms with Gasteiger partial charge in [0.2, 0.25) is 5.91 Å². The first-order chi connectivity index (χ1) is 21.8. The van der Waals surface area contributed by atoms with Crippen LogP contribution in [0, 0.1) is 30.1 Å². The van der Waals surface area contributed by atoms with Crippen molar-refractivity contribution in [1.29, 1.82) is 0 Å². The molecule has 9 nitrogen and oxygen atoms in total. The summed E-state index contributed by atoms with van der Waals surface area (Å²) in [7, 11) is -0.605. The number of aryl methyl sites for hydroxylation is 2. The summed E-state index contributed by atoms with van der Waals surface area (Å²) in [5, 5.41) is 8.86. The number of pyridine rings is 1. The number of unbranched alkanes of at least 4 members (excludes halogenated alkanes) is 1. The topological polar surface area (TPSA) is 119 Å². The Kier molecular flexibility index (Phi) is 10.3. The van der Waals surface area contributed by atoms with E-state index in [2.05, 4.69) is 62.5 Å². The van der Waals surface area contributed by atoms with Crippen LogP contribution in [0.2, 0.25) is 0 Å². The van der Waals surface area contributed by atoms with Crippen molar-refractivity contribution in [2.24, 2.45) is 23.2 Å². The molecule has 10 heteroatoms. The van der Waals surface area contributed by atoms with Crippen molar-refractivity contribution in [2.75, 3.05) is 6.54 Å². The largest absolute Gasteiger partial charge is 0.481 e. The zero-order valence-corrected chi connectivity index (χ0v) is 28.5. The zero-order valence-electron chi connectivity index (χ0n) is 28.5. The highest BCUT2D eigenvalue weighted by atomic mass is 16.7. The molecule has 2 bridgehead atoms. The molecule has 6 atom stereocenters. The SMILES string of the molecule is CCCCc1cccc(C(=O)N[C@@H](CNC(=O)c2ccc(C)cc2)C(=O)N[C@@H](CC(C)C)B2O[C@@H]3C[C@H]4C[C@H](C4(C)C)[C@]3(C)O2)n1. The molecule has 1 aliphatic heterocycles. The lowest BCUT2D eigenvalue weighted by molar-refractivity contribution is -0.199. The number of rotatable bonds is 13. The molecule has 0 spiro atoms. The molecule has 1 aromatic heterocycles. The molecule has 0 unspecified atom stereocenters. The number of hydrogen-bond donors (Lipinski definition) is 3. The van der Waals surface area contributed by atoms with Gasteiger partial charge in [0.25, 0.3) is 11.8 Å². The van der Waals surface area contributed by atoms with E-state index in [1.165, 1.54) is 0 Å². The number of amides is 3. The summed E-state index contributed by atoms with van der Waals surface area (Å²) in [5.41, 5.74) is 2.36. The van der Waals surface area contributed by atoms with Gasteiger partial charge in [-0.05, 0) is 93.4 Å². The number of carbonyl (C=O) groups excluding carboxylic acids is 3. The lowest BCUT2D eigenvalue weighted by Crippen LogP contribution is -2.65. The van der Waals surface area contributed by atoms with Gasteiger partial charge >= 0.3 is 7.12 Å². The van der Waals surface area contributed by atoms with Gasteiger partial charge < -0.3 is 25.3 Å². The highest BCUT2D eigenvalue weighted by Gasteiger charge is 2.68. The van der Waals surface area contributed by atoms with E-state index < -0.39 is 36.5 Å². The second-order valence-corrected chi connectivity index (χ2v) is 14.8. The summed E-state index contributed by atoms with van der Waals surface area (Å²) in [6, 6.07) is 11.5. The van der Waals surface area contributed by atoms with Crippen molar-refractivity contribution in [2.45, 2.75) is 111 Å². The first-order valence-corrected chi connectivity index (χ1v) is 17.1. The smallest absolute Gasteiger partial charge is 0.404 e. The fourth-order valence-corrected chi connectivity index (χ4v) is 7.65. The van der Waals surface area contributed by atoms with E-state index in [1.807, 2.05) is 25.1 Å². The fraction of sp³-hybridized carbons (Fsp3) is 0.611. The van der Waals surface area contributed by atoms with Crippen molar-refractivity contribution in [3.8, 4) is 0 Å². The number of nitrogens with zero attached hydrogens (tertiary/aromatic N) is 1. The minimum Gasteiger partial charge on any atom is -0.404 e. The van der Waals surface area contributed by atoms with E-state index >= 15 is 0 Å². The molecule has 0 radical (unpaired) electrons. The first kappa shape index (κ1) is 34.1. The van der Waals surface area contributed by atoms with Crippen LogP contribution in [0.5, 0.6) is 0 Å². The van der Waals surface area contributed by atoms with Crippen LogP contribution in [0.1, 0.15) is 106 Å². The Labute approximate surface area is 274 Å². The predicted molar refractivity (Wildman–Crippen MR) is 179 cm³/mol. The molecule has 1 aromatic carbocycles. The number of aromatic nitrogens is 1. The molecule has 6 rings (SSSR count). The van der Waals surface area contributed by atoms with Crippen molar-refractivity contribution in [3.63, 3.8) is 0 Å². The maximum absolute atomic E-state index is 14.0. The zero-order chi connectivity index (χ0) is 33.2. The van der Waals surface area contributed by atoms with Crippen LogP contribution in [-0.4, -0.2) is 60.1 Å². The highest BCUT2D eigenvalue weighted by molar-refractivity contribution is 6.48. The van der Waals surface area contributed by atoms with Crippen molar-refractivity contribution in [3.05, 3.63) is 65.0 Å². The van der Waals surface area contributed by atoms with Crippen molar-refractivity contribution < 1.29 is 23.7 Å². The molecule has 4 fully saturated rings. The molecular weight excluding hydrogens is 579 g/mol. The van der Waals surface area contributed by atoms with Gasteiger partial charge in [-0.3, -0.25) is 14.4 Å². The third-order valence-electron chi connectivity index (χ3n) is 10.6. The van der Waals surface area contributed by atoms with Gasteiger partial charge in [-0.2, -0.15) is 0 Å². The van der Waals surface area contributed by atoms with E-state index in [9.17, 15) is 14.4 Å². The van der Waals surface area contributed by atoms with Crippen LogP contribution in [-0.2, 0) is 20.5 Å². The predicted octanol–water partition coefficient (Wildman–Crippen LogP) is 5.06. The molecule has 3 saturated carbocycles. The molecular formula is C36H51BN4O5. The lowest BCUT2D eigenvalue weighted by Gasteiger charge is -2.64. The molecule has 3 N–H and O–H groups in total. The Balaban J connectivity index is 1.33. The average molecular weight is 631 g/mol. The van der Waals surface area contributed by atoms with E-state index in [0.717, 1.165) is 43.4 Å². The summed E-state index contributed by atoms with van der Waals surface area (Å²) >= 11 is 0. The maximum atomic E-state index is 14.0. The van der Waals surface area contributed by atoms with E-state index in [4.69, 9.17) is 9.31 Å². The first-order valence-electron chi connectivity index (χ1n) is 17.1. The third-order valence-corrected chi connectivity index (χ3v) is 10.6. The lowest BCUT2D eigenvalue weighted by atomic mass is 9.43. The summed E-state index contributed by atoms with van der Waals surface area (Å²) < 4.78 is 13.3. The average Bonchev–Trinajstić information content (AvgIpc) is 3.39. The second kappa shape index (κ2) is 13.9. The molecule has 3 aliphatic carbocycles. The molecule has 3 amide bonds. The molecule has 4 aliphatic rings. The quantitative estimate of drug-likeness (QED) is 0.267. The van der Waals surface area contributed by atoms with Gasteiger partial charge in [-0.1, -0.05) is 64.8 Å². The van der Waals surface area contributed by atoms with E-state index in [1.54, 1.807) is 24.3 Å². The number of nitrogens with one attached hydrogen (secondary N) is 3. The van der Waals surface area contributed by atoms with Gasteiger partial charge in [-0.15, -0.1) is 0 Å². The van der Waals surface area contributed by atoms with Gasteiger partial charge in [-0.25, -0.2) is 4.98 Å². The standard InChI is InChI=1S/C36H51BN4O5/c1-8-9-11-26-12-10-13-27(39-26)33(43)40-28(21-38-32(42)24-16-14-23(4)15-17-24)34(44)41-31(18-22(2)3)37-45-30-20-25-19-29(35(25,5)6)36(30,7)46-37/h10,12-17,22,25,28-31H,8-9,11,18-21H2,1-7H3,(H,38,42)(H,40,43)(H,41,44)/t25-,28+,29-,30-,31+,36+/m1/s1. The number of hydrogen-bond acceptors (Lipinski definition) is 6. The second-order valence-electron chi connectivity index (χ2n) is 14.8. The van der Waals surface area contributed by atoms with Crippen LogP contribution >= 0.6 is 0 Å². The Bertz CT molecular complexity index is 1420. The summed E-state index contributed by atoms with van der Waals surface area (Å²) in [4.78, 5) is 45.0. The Morgan fingerprint density at radius 3 is 2.43 bits per heavy atom. The van der Waals surface area contributed by atoms with E-state index in [0.29, 0.717) is 23.8 Å². The van der Waals surface area contributed by atoms with Crippen LogP contribution in [0.15, 0.2) is 42.5 Å².